The zero-order valence-corrected chi connectivity index (χ0v) is 34.2. The molecule has 1 aliphatic rings. The van der Waals surface area contributed by atoms with Gasteiger partial charge in [-0.05, 0) is 103 Å². The number of hydrogen-bond donors (Lipinski definition) is 0. The average Bonchev–Trinajstić information content (AvgIpc) is 3.04. The maximum Gasteiger partial charge on any atom is 0.480 e. The molecule has 0 N–H and O–H groups in total. The van der Waals surface area contributed by atoms with E-state index in [0.29, 0.717) is 59.9 Å². The Kier molecular flexibility index (Phi) is 12.4. The van der Waals surface area contributed by atoms with Crippen molar-refractivity contribution < 1.29 is 53.8 Å². The summed E-state index contributed by atoms with van der Waals surface area (Å²) in [6.45, 7) is 17.4. The summed E-state index contributed by atoms with van der Waals surface area (Å²) >= 11 is 0. The molecular formula is C39H52F6N4O5P+. The normalized spacial score (nSPS) is 16.0. The van der Waals surface area contributed by atoms with Gasteiger partial charge in [-0.3, -0.25) is 13.8 Å². The van der Waals surface area contributed by atoms with Gasteiger partial charge >= 0.3 is 20.2 Å². The summed E-state index contributed by atoms with van der Waals surface area (Å²) in [5.41, 5.74) is -4.26. The first-order valence-electron chi connectivity index (χ1n) is 17.8. The standard InChI is InChI=1S/C39H52F6N4O5P/c1-26-14-12-13-15-30(26)31-23-33(48-16-18-49(11,19-17-48)25-52-55(51,53-35(2,3)4)54-36(5,6)7)46-24-32(31)47(10)34(50)37(8,9)27-20-28(38(40,41)42)22-29(21-27)39(43,44)45/h12-15,20-24H,16-19,25H2,1-11H3/q+1. The smallest absolute Gasteiger partial charge is 0.345 e. The highest BCUT2D eigenvalue weighted by Crippen LogP contribution is 2.55. The van der Waals surface area contributed by atoms with Gasteiger partial charge in [0.15, 0.2) is 6.73 Å². The second-order valence-corrected chi connectivity index (χ2v) is 18.3. The van der Waals surface area contributed by atoms with E-state index in [0.717, 1.165) is 11.1 Å². The monoisotopic (exact) mass is 801 g/mol. The fourth-order valence-electron chi connectivity index (χ4n) is 6.19. The molecular weight excluding hydrogens is 749 g/mol. The van der Waals surface area contributed by atoms with Gasteiger partial charge in [-0.15, -0.1) is 0 Å². The maximum absolute atomic E-state index is 14.2. The lowest BCUT2D eigenvalue weighted by molar-refractivity contribution is -0.925. The minimum Gasteiger partial charge on any atom is -0.345 e. The molecule has 2 heterocycles. The second kappa shape index (κ2) is 15.5. The molecule has 0 radical (unpaired) electrons. The van der Waals surface area contributed by atoms with Crippen LogP contribution in [0.4, 0.5) is 37.8 Å². The number of rotatable bonds is 10. The van der Waals surface area contributed by atoms with Crippen molar-refractivity contribution in [2.75, 3.05) is 56.8 Å². The van der Waals surface area contributed by atoms with Gasteiger partial charge in [-0.2, -0.15) is 26.3 Å². The number of aryl methyl sites for hydroxylation is 1. The molecule has 55 heavy (non-hydrogen) atoms. The van der Waals surface area contributed by atoms with E-state index in [9.17, 15) is 35.7 Å². The molecule has 1 aromatic heterocycles. The minimum absolute atomic E-state index is 0.0448. The van der Waals surface area contributed by atoms with Gasteiger partial charge < -0.3 is 14.3 Å². The van der Waals surface area contributed by atoms with Crippen molar-refractivity contribution in [3.63, 3.8) is 0 Å². The van der Waals surface area contributed by atoms with Gasteiger partial charge in [0, 0.05) is 12.6 Å². The fourth-order valence-corrected chi connectivity index (χ4v) is 8.10. The van der Waals surface area contributed by atoms with Crippen molar-refractivity contribution in [1.82, 2.24) is 4.98 Å². The van der Waals surface area contributed by atoms with Crippen molar-refractivity contribution >= 4 is 25.2 Å². The van der Waals surface area contributed by atoms with Gasteiger partial charge in [0.1, 0.15) is 5.82 Å². The van der Waals surface area contributed by atoms with Crippen LogP contribution in [0.5, 0.6) is 0 Å². The highest BCUT2D eigenvalue weighted by Gasteiger charge is 2.43. The van der Waals surface area contributed by atoms with E-state index < -0.39 is 59.4 Å². The van der Waals surface area contributed by atoms with Crippen LogP contribution in [-0.4, -0.2) is 73.6 Å². The first-order valence-corrected chi connectivity index (χ1v) is 19.3. The quantitative estimate of drug-likeness (QED) is 0.115. The summed E-state index contributed by atoms with van der Waals surface area (Å²) in [4.78, 5) is 22.2. The van der Waals surface area contributed by atoms with Crippen molar-refractivity contribution in [1.29, 1.82) is 0 Å². The Morgan fingerprint density at radius 3 is 1.78 bits per heavy atom. The molecule has 0 saturated carbocycles. The third-order valence-corrected chi connectivity index (χ3v) is 11.2. The molecule has 1 fully saturated rings. The van der Waals surface area contributed by atoms with Gasteiger partial charge in [-0.25, -0.2) is 14.1 Å². The molecule has 304 valence electrons. The summed E-state index contributed by atoms with van der Waals surface area (Å²) in [6, 6.07) is 10.5. The zero-order chi connectivity index (χ0) is 41.6. The van der Waals surface area contributed by atoms with E-state index in [1.54, 1.807) is 41.5 Å². The van der Waals surface area contributed by atoms with Crippen LogP contribution in [0.15, 0.2) is 54.7 Å². The first kappa shape index (κ1) is 44.2. The topological polar surface area (TPSA) is 81.2 Å². The molecule has 0 atom stereocenters. The number of pyridine rings is 1. The number of alkyl halides is 6. The summed E-state index contributed by atoms with van der Waals surface area (Å²) in [5.74, 6) is -0.140. The Bertz CT molecular complexity index is 1860. The number of anilines is 2. The van der Waals surface area contributed by atoms with E-state index >= 15 is 0 Å². The summed E-state index contributed by atoms with van der Waals surface area (Å²) in [6.07, 6.45) is -8.64. The number of halogens is 6. The Hall–Kier alpha value is -3.49. The van der Waals surface area contributed by atoms with E-state index in [4.69, 9.17) is 18.6 Å². The van der Waals surface area contributed by atoms with Gasteiger partial charge in [-0.1, -0.05) is 24.3 Å². The Morgan fingerprint density at radius 2 is 1.31 bits per heavy atom. The number of hydrogen-bond acceptors (Lipinski definition) is 7. The summed E-state index contributed by atoms with van der Waals surface area (Å²) in [7, 11) is -0.531. The van der Waals surface area contributed by atoms with E-state index in [1.807, 2.05) is 44.3 Å². The average molecular weight is 802 g/mol. The number of phosphoric ester groups is 1. The fraction of sp³-hybridized carbons (Fsp3) is 0.538. The molecule has 4 rings (SSSR count). The predicted octanol–water partition coefficient (Wildman–Crippen LogP) is 10.0. The van der Waals surface area contributed by atoms with E-state index in [2.05, 4.69) is 4.90 Å². The Balaban J connectivity index is 1.64. The highest BCUT2D eigenvalue weighted by atomic mass is 31.2. The minimum atomic E-state index is -5.07. The predicted molar refractivity (Wildman–Crippen MR) is 201 cm³/mol. The summed E-state index contributed by atoms with van der Waals surface area (Å²) in [5, 5.41) is 0. The molecule has 0 spiro atoms. The number of benzene rings is 2. The first-order chi connectivity index (χ1) is 24.9. The molecule has 0 unspecified atom stereocenters. The van der Waals surface area contributed by atoms with Crippen LogP contribution in [0.25, 0.3) is 11.1 Å². The Labute approximate surface area is 319 Å². The zero-order valence-electron chi connectivity index (χ0n) is 33.3. The van der Waals surface area contributed by atoms with Crippen LogP contribution in [0, 0.1) is 6.92 Å². The van der Waals surface area contributed by atoms with Crippen LogP contribution in [0.1, 0.15) is 77.6 Å². The van der Waals surface area contributed by atoms with Gasteiger partial charge in [0.2, 0.25) is 5.91 Å². The largest absolute Gasteiger partial charge is 0.480 e. The molecule has 16 heteroatoms. The van der Waals surface area contributed by atoms with Crippen molar-refractivity contribution in [2.24, 2.45) is 0 Å². The number of aromatic nitrogens is 1. The molecule has 0 bridgehead atoms. The number of piperazine rings is 1. The molecule has 0 aliphatic carbocycles. The Morgan fingerprint density at radius 1 is 0.818 bits per heavy atom. The SMILES string of the molecule is Cc1ccccc1-c1cc(N2CC[N+](C)(COP(=O)(OC(C)(C)C)OC(C)(C)C)CC2)ncc1N(C)C(=O)C(C)(C)c1cc(C(F)(F)F)cc(C(F)(F)F)c1. The van der Waals surface area contributed by atoms with Crippen LogP contribution in [0.2, 0.25) is 0 Å². The molecule has 2 aromatic carbocycles. The summed E-state index contributed by atoms with van der Waals surface area (Å²) < 4.78 is 114. The highest BCUT2D eigenvalue weighted by molar-refractivity contribution is 7.48. The molecule has 1 aliphatic heterocycles. The van der Waals surface area contributed by atoms with Crippen LogP contribution < -0.4 is 9.80 Å². The maximum atomic E-state index is 14.2. The molecule has 1 amide bonds. The number of carbonyl (C=O) groups excluding carboxylic acids is 1. The van der Waals surface area contributed by atoms with E-state index in [-0.39, 0.29) is 12.8 Å². The number of phosphoric acid groups is 1. The molecule has 9 nitrogen and oxygen atoms in total. The lowest BCUT2D eigenvalue weighted by Crippen LogP contribution is -2.58. The van der Waals surface area contributed by atoms with Gasteiger partial charge in [0.25, 0.3) is 0 Å². The van der Waals surface area contributed by atoms with Crippen molar-refractivity contribution in [3.05, 3.63) is 77.0 Å². The molecule has 1 saturated heterocycles. The number of amides is 1. The number of quaternary nitrogens is 1. The number of carbonyl (C=O) groups is 1. The van der Waals surface area contributed by atoms with Crippen LogP contribution in [-0.2, 0) is 40.7 Å². The van der Waals surface area contributed by atoms with Crippen molar-refractivity contribution in [3.8, 4) is 11.1 Å². The van der Waals surface area contributed by atoms with Gasteiger partial charge in [0.05, 0.1) is 72.9 Å². The lowest BCUT2D eigenvalue weighted by Gasteiger charge is -2.42. The lowest BCUT2D eigenvalue weighted by atomic mass is 9.81. The van der Waals surface area contributed by atoms with Crippen LogP contribution in [0.3, 0.4) is 0 Å². The van der Waals surface area contributed by atoms with Crippen molar-refractivity contribution in [2.45, 2.75) is 91.3 Å². The number of nitrogens with zero attached hydrogens (tertiary/aromatic N) is 4. The second-order valence-electron chi connectivity index (χ2n) is 16.8. The number of likely N-dealkylation sites (N-methyl/N-ethyl adjacent to an activating group) is 2. The third kappa shape index (κ3) is 11.1. The van der Waals surface area contributed by atoms with Crippen LogP contribution >= 0.6 is 7.82 Å². The van der Waals surface area contributed by atoms with E-state index in [1.165, 1.54) is 32.0 Å². The third-order valence-electron chi connectivity index (χ3n) is 9.26. The molecule has 3 aromatic rings.